The summed E-state index contributed by atoms with van der Waals surface area (Å²) < 4.78 is 21.9. The number of ether oxygens (including phenoxy) is 4. The second-order valence-electron chi connectivity index (χ2n) is 6.85. The van der Waals surface area contributed by atoms with Crippen LogP contribution in [0.3, 0.4) is 0 Å². The monoisotopic (exact) mass is 369 g/mol. The number of benzene rings is 2. The Morgan fingerprint density at radius 3 is 2.67 bits per heavy atom. The van der Waals surface area contributed by atoms with E-state index in [0.717, 1.165) is 36.3 Å². The van der Waals surface area contributed by atoms with E-state index in [1.54, 1.807) is 14.2 Å². The maximum absolute atomic E-state index is 11.8. The van der Waals surface area contributed by atoms with E-state index in [9.17, 15) is 4.79 Å². The van der Waals surface area contributed by atoms with E-state index in [1.165, 1.54) is 11.1 Å². The lowest BCUT2D eigenvalue weighted by molar-refractivity contribution is 0.111. The predicted molar refractivity (Wildman–Crippen MR) is 100 cm³/mol. The minimum absolute atomic E-state index is 0.139. The molecule has 0 N–H and O–H groups in total. The highest BCUT2D eigenvalue weighted by Gasteiger charge is 2.29. The zero-order valence-electron chi connectivity index (χ0n) is 15.8. The van der Waals surface area contributed by atoms with Crippen molar-refractivity contribution in [2.24, 2.45) is 0 Å². The van der Waals surface area contributed by atoms with E-state index in [0.29, 0.717) is 23.5 Å². The summed E-state index contributed by atoms with van der Waals surface area (Å²) in [4.78, 5) is 14.1. The molecule has 0 spiro atoms. The van der Waals surface area contributed by atoms with Gasteiger partial charge in [0.2, 0.25) is 6.79 Å². The van der Waals surface area contributed by atoms with Crippen molar-refractivity contribution in [1.29, 1.82) is 0 Å². The van der Waals surface area contributed by atoms with E-state index in [4.69, 9.17) is 18.9 Å². The fraction of sp³-hybridized carbons (Fsp3) is 0.381. The molecule has 2 aromatic carbocycles. The molecule has 0 amide bonds. The minimum atomic E-state index is 0.139. The van der Waals surface area contributed by atoms with Crippen molar-refractivity contribution in [1.82, 2.24) is 4.90 Å². The van der Waals surface area contributed by atoms with Gasteiger partial charge in [-0.25, -0.2) is 0 Å². The Morgan fingerprint density at radius 2 is 1.96 bits per heavy atom. The van der Waals surface area contributed by atoms with E-state index < -0.39 is 0 Å². The van der Waals surface area contributed by atoms with Crippen LogP contribution in [0.15, 0.2) is 24.3 Å². The SMILES string of the molecule is COc1ccc(CC2c3cc4c(cc3CCN2C)OCO4)c(C=O)c1OC. The topological polar surface area (TPSA) is 57.2 Å². The van der Waals surface area contributed by atoms with Gasteiger partial charge < -0.3 is 18.9 Å². The molecule has 27 heavy (non-hydrogen) atoms. The second kappa shape index (κ2) is 7.12. The summed E-state index contributed by atoms with van der Waals surface area (Å²) in [6, 6.07) is 8.11. The highest BCUT2D eigenvalue weighted by Crippen LogP contribution is 2.42. The van der Waals surface area contributed by atoms with Gasteiger partial charge in [-0.05, 0) is 54.8 Å². The van der Waals surface area contributed by atoms with Gasteiger partial charge >= 0.3 is 0 Å². The number of nitrogens with zero attached hydrogens (tertiary/aromatic N) is 1. The minimum Gasteiger partial charge on any atom is -0.493 e. The lowest BCUT2D eigenvalue weighted by Crippen LogP contribution is -2.33. The summed E-state index contributed by atoms with van der Waals surface area (Å²) in [6.45, 7) is 1.21. The third kappa shape index (κ3) is 3.00. The Labute approximate surface area is 158 Å². The molecule has 6 heteroatoms. The fourth-order valence-corrected chi connectivity index (χ4v) is 3.99. The van der Waals surface area contributed by atoms with Gasteiger partial charge in [0.1, 0.15) is 0 Å². The standard InChI is InChI=1S/C21H23NO5/c1-22-7-6-14-9-19-20(27-12-26-19)10-15(14)17(22)8-13-4-5-18(24-2)21(25-3)16(13)11-23/h4-5,9-11,17H,6-8,12H2,1-3H3. The van der Waals surface area contributed by atoms with Crippen molar-refractivity contribution in [2.45, 2.75) is 18.9 Å². The van der Waals surface area contributed by atoms with E-state index in [-0.39, 0.29) is 12.8 Å². The van der Waals surface area contributed by atoms with Crippen LogP contribution in [-0.2, 0) is 12.8 Å². The number of carbonyl (C=O) groups excluding carboxylic acids is 1. The number of likely N-dealkylation sites (N-methyl/N-ethyl adjacent to an activating group) is 1. The maximum atomic E-state index is 11.8. The molecule has 0 aromatic heterocycles. The molecular weight excluding hydrogens is 346 g/mol. The van der Waals surface area contributed by atoms with Crippen LogP contribution in [0.4, 0.5) is 0 Å². The molecule has 0 saturated heterocycles. The number of aldehydes is 1. The lowest BCUT2D eigenvalue weighted by Gasteiger charge is -2.35. The Bertz CT molecular complexity index is 879. The van der Waals surface area contributed by atoms with Gasteiger partial charge in [0.15, 0.2) is 29.3 Å². The van der Waals surface area contributed by atoms with Crippen molar-refractivity contribution in [2.75, 3.05) is 34.6 Å². The smallest absolute Gasteiger partial charge is 0.231 e. The number of rotatable bonds is 5. The highest BCUT2D eigenvalue weighted by molar-refractivity contribution is 5.83. The van der Waals surface area contributed by atoms with Crippen LogP contribution in [0.25, 0.3) is 0 Å². The third-order valence-corrected chi connectivity index (χ3v) is 5.46. The molecule has 0 bridgehead atoms. The molecule has 6 nitrogen and oxygen atoms in total. The Morgan fingerprint density at radius 1 is 1.19 bits per heavy atom. The molecule has 0 radical (unpaired) electrons. The van der Waals surface area contributed by atoms with Crippen LogP contribution in [0, 0.1) is 0 Å². The number of hydrogen-bond donors (Lipinski definition) is 0. The molecule has 2 aliphatic heterocycles. The average molecular weight is 369 g/mol. The van der Waals surface area contributed by atoms with E-state index in [2.05, 4.69) is 24.1 Å². The number of hydrogen-bond acceptors (Lipinski definition) is 6. The molecule has 2 aliphatic rings. The molecule has 142 valence electrons. The Kier molecular flexibility index (Phi) is 4.66. The first-order chi connectivity index (χ1) is 13.2. The van der Waals surface area contributed by atoms with Crippen LogP contribution in [0.2, 0.25) is 0 Å². The van der Waals surface area contributed by atoms with Crippen molar-refractivity contribution in [3.8, 4) is 23.0 Å². The molecule has 0 fully saturated rings. The van der Waals surface area contributed by atoms with Gasteiger partial charge in [0.05, 0.1) is 19.8 Å². The van der Waals surface area contributed by atoms with Crippen LogP contribution in [0.1, 0.15) is 33.1 Å². The highest BCUT2D eigenvalue weighted by atomic mass is 16.7. The first-order valence-electron chi connectivity index (χ1n) is 8.98. The first kappa shape index (κ1) is 17.7. The average Bonchev–Trinajstić information content (AvgIpc) is 3.15. The van der Waals surface area contributed by atoms with Crippen LogP contribution < -0.4 is 18.9 Å². The Hall–Kier alpha value is -2.73. The lowest BCUT2D eigenvalue weighted by atomic mass is 9.87. The number of carbonyl (C=O) groups is 1. The zero-order valence-corrected chi connectivity index (χ0v) is 15.8. The number of fused-ring (bicyclic) bond motifs is 2. The molecule has 2 heterocycles. The largest absolute Gasteiger partial charge is 0.493 e. The normalized spacial score (nSPS) is 18.1. The van der Waals surface area contributed by atoms with E-state index >= 15 is 0 Å². The summed E-state index contributed by atoms with van der Waals surface area (Å²) >= 11 is 0. The van der Waals surface area contributed by atoms with Gasteiger partial charge in [-0.1, -0.05) is 6.07 Å². The van der Waals surface area contributed by atoms with Crippen molar-refractivity contribution in [3.63, 3.8) is 0 Å². The summed E-state index contributed by atoms with van der Waals surface area (Å²) in [5.41, 5.74) is 3.97. The summed E-state index contributed by atoms with van der Waals surface area (Å²) in [5.74, 6) is 2.65. The van der Waals surface area contributed by atoms with Crippen molar-refractivity contribution >= 4 is 6.29 Å². The molecule has 0 aliphatic carbocycles. The molecule has 2 aromatic rings. The molecule has 0 saturated carbocycles. The van der Waals surface area contributed by atoms with Crippen LogP contribution in [0.5, 0.6) is 23.0 Å². The summed E-state index contributed by atoms with van der Waals surface area (Å²) in [7, 11) is 5.23. The van der Waals surface area contributed by atoms with E-state index in [1.807, 2.05) is 12.1 Å². The number of methoxy groups -OCH3 is 2. The van der Waals surface area contributed by atoms with Gasteiger partial charge in [0.25, 0.3) is 0 Å². The Balaban J connectivity index is 1.74. The molecule has 1 atom stereocenters. The quantitative estimate of drug-likeness (QED) is 0.755. The fourth-order valence-electron chi connectivity index (χ4n) is 3.99. The third-order valence-electron chi connectivity index (χ3n) is 5.46. The van der Waals surface area contributed by atoms with Crippen molar-refractivity contribution < 1.29 is 23.7 Å². The predicted octanol–water partition coefficient (Wildman–Crippen LogP) is 3.02. The first-order valence-corrected chi connectivity index (χ1v) is 8.98. The van der Waals surface area contributed by atoms with Crippen LogP contribution in [-0.4, -0.2) is 45.8 Å². The zero-order chi connectivity index (χ0) is 19.0. The van der Waals surface area contributed by atoms with Gasteiger partial charge in [-0.3, -0.25) is 9.69 Å². The second-order valence-corrected chi connectivity index (χ2v) is 6.85. The maximum Gasteiger partial charge on any atom is 0.231 e. The van der Waals surface area contributed by atoms with Gasteiger partial charge in [-0.15, -0.1) is 0 Å². The van der Waals surface area contributed by atoms with Crippen molar-refractivity contribution in [3.05, 3.63) is 46.5 Å². The molecule has 4 rings (SSSR count). The summed E-state index contributed by atoms with van der Waals surface area (Å²) in [5, 5.41) is 0. The van der Waals surface area contributed by atoms with Gasteiger partial charge in [-0.2, -0.15) is 0 Å². The summed E-state index contributed by atoms with van der Waals surface area (Å²) in [6.07, 6.45) is 2.50. The molecular formula is C21H23NO5. The molecule has 1 unspecified atom stereocenters. The van der Waals surface area contributed by atoms with Gasteiger partial charge in [0, 0.05) is 12.6 Å². The van der Waals surface area contributed by atoms with Crippen LogP contribution >= 0.6 is 0 Å².